The smallest absolute Gasteiger partial charge is 0.216 e. The van der Waals surface area contributed by atoms with Crippen molar-refractivity contribution in [2.45, 2.75) is 0 Å². The Balaban J connectivity index is 1.76. The summed E-state index contributed by atoms with van der Waals surface area (Å²) in [6, 6.07) is 12.7. The van der Waals surface area contributed by atoms with Crippen molar-refractivity contribution in [1.29, 1.82) is 0 Å². The molecule has 128 valence electrons. The lowest BCUT2D eigenvalue weighted by molar-refractivity contribution is 0.870. The predicted molar refractivity (Wildman–Crippen MR) is 105 cm³/mol. The van der Waals surface area contributed by atoms with Crippen molar-refractivity contribution in [3.63, 3.8) is 0 Å². The SMILES string of the molecule is S=c1[nH]nc(-c2cc(Cl)ccc2Cl)n1/N=C\c1cnc2ccccc2n1. The van der Waals surface area contributed by atoms with E-state index in [4.69, 9.17) is 35.4 Å². The standard InChI is InChI=1S/C17H10Cl2N6S/c18-10-5-6-13(19)12(7-10)16-23-24-17(26)25(16)21-9-11-8-20-14-3-1-2-4-15(14)22-11/h1-9H,(H,24,26)/b21-9-. The van der Waals surface area contributed by atoms with Crippen molar-refractivity contribution in [3.8, 4) is 11.4 Å². The van der Waals surface area contributed by atoms with Gasteiger partial charge in [0.05, 0.1) is 28.5 Å². The van der Waals surface area contributed by atoms with E-state index in [1.54, 1.807) is 30.6 Å². The molecule has 2 aromatic carbocycles. The Morgan fingerprint density at radius 1 is 1.12 bits per heavy atom. The molecule has 0 fully saturated rings. The second kappa shape index (κ2) is 6.95. The molecule has 2 heterocycles. The van der Waals surface area contributed by atoms with E-state index in [1.165, 1.54) is 4.68 Å². The molecule has 0 saturated heterocycles. The molecule has 9 heteroatoms. The quantitative estimate of drug-likeness (QED) is 0.398. The van der Waals surface area contributed by atoms with Crippen molar-refractivity contribution in [1.82, 2.24) is 24.8 Å². The molecule has 0 atom stereocenters. The van der Waals surface area contributed by atoms with Gasteiger partial charge in [0, 0.05) is 10.6 Å². The Hall–Kier alpha value is -2.61. The molecule has 0 bridgehead atoms. The van der Waals surface area contributed by atoms with E-state index in [0.29, 0.717) is 31.9 Å². The number of hydrogen-bond donors (Lipinski definition) is 1. The van der Waals surface area contributed by atoms with Crippen LogP contribution in [0.2, 0.25) is 10.0 Å². The van der Waals surface area contributed by atoms with E-state index in [1.807, 2.05) is 24.3 Å². The van der Waals surface area contributed by atoms with Crippen LogP contribution in [-0.2, 0) is 0 Å². The van der Waals surface area contributed by atoms with Gasteiger partial charge in [-0.15, -0.1) is 0 Å². The number of rotatable bonds is 3. The zero-order chi connectivity index (χ0) is 18.1. The molecule has 2 aromatic heterocycles. The van der Waals surface area contributed by atoms with E-state index in [-0.39, 0.29) is 0 Å². The highest BCUT2D eigenvalue weighted by Crippen LogP contribution is 2.29. The first-order valence-corrected chi connectivity index (χ1v) is 8.67. The van der Waals surface area contributed by atoms with Crippen LogP contribution in [0.5, 0.6) is 0 Å². The fourth-order valence-corrected chi connectivity index (χ4v) is 2.95. The first-order chi connectivity index (χ1) is 12.6. The molecule has 0 spiro atoms. The monoisotopic (exact) mass is 400 g/mol. The molecule has 0 aliphatic carbocycles. The Bertz CT molecular complexity index is 1200. The summed E-state index contributed by atoms with van der Waals surface area (Å²) in [5, 5.41) is 12.3. The fourth-order valence-electron chi connectivity index (χ4n) is 2.39. The molecule has 0 amide bonds. The van der Waals surface area contributed by atoms with Crippen molar-refractivity contribution in [3.05, 3.63) is 69.2 Å². The van der Waals surface area contributed by atoms with Crippen molar-refractivity contribution in [2.24, 2.45) is 5.10 Å². The van der Waals surface area contributed by atoms with Gasteiger partial charge in [-0.2, -0.15) is 14.9 Å². The molecule has 1 N–H and O–H groups in total. The Morgan fingerprint density at radius 3 is 2.77 bits per heavy atom. The molecule has 0 radical (unpaired) electrons. The summed E-state index contributed by atoms with van der Waals surface area (Å²) >= 11 is 17.6. The van der Waals surface area contributed by atoms with Gasteiger partial charge in [0.2, 0.25) is 4.77 Å². The van der Waals surface area contributed by atoms with E-state index < -0.39 is 0 Å². The van der Waals surface area contributed by atoms with Crippen molar-refractivity contribution in [2.75, 3.05) is 0 Å². The van der Waals surface area contributed by atoms with Crippen LogP contribution in [0.4, 0.5) is 0 Å². The van der Waals surface area contributed by atoms with Crippen molar-refractivity contribution >= 4 is 52.7 Å². The maximum Gasteiger partial charge on any atom is 0.216 e. The van der Waals surface area contributed by atoms with Crippen LogP contribution in [0.1, 0.15) is 5.69 Å². The summed E-state index contributed by atoms with van der Waals surface area (Å²) in [6.45, 7) is 0. The summed E-state index contributed by atoms with van der Waals surface area (Å²) in [5.74, 6) is 0.451. The van der Waals surface area contributed by atoms with Crippen LogP contribution in [0.25, 0.3) is 22.4 Å². The Kier molecular flexibility index (Phi) is 4.50. The van der Waals surface area contributed by atoms with Gasteiger partial charge < -0.3 is 0 Å². The van der Waals surface area contributed by atoms with Crippen LogP contribution in [-0.4, -0.2) is 31.1 Å². The molecule has 0 aliphatic rings. The highest BCUT2D eigenvalue weighted by molar-refractivity contribution is 7.71. The highest BCUT2D eigenvalue weighted by Gasteiger charge is 2.12. The average molecular weight is 401 g/mol. The van der Waals surface area contributed by atoms with Crippen LogP contribution in [0, 0.1) is 4.77 Å². The number of aromatic nitrogens is 5. The minimum atomic E-state index is 0.320. The number of benzene rings is 2. The number of nitrogens with zero attached hydrogens (tertiary/aromatic N) is 5. The van der Waals surface area contributed by atoms with Gasteiger partial charge in [0.1, 0.15) is 5.69 Å². The third-order valence-corrected chi connectivity index (χ3v) is 4.42. The largest absolute Gasteiger partial charge is 0.252 e. The molecule has 4 aromatic rings. The average Bonchev–Trinajstić information content (AvgIpc) is 3.02. The van der Waals surface area contributed by atoms with E-state index in [2.05, 4.69) is 25.3 Å². The number of H-pyrrole nitrogens is 1. The third kappa shape index (κ3) is 3.24. The second-order valence-electron chi connectivity index (χ2n) is 5.32. The normalized spacial score (nSPS) is 11.5. The number of hydrogen-bond acceptors (Lipinski definition) is 5. The van der Waals surface area contributed by atoms with E-state index in [9.17, 15) is 0 Å². The molecule has 6 nitrogen and oxygen atoms in total. The van der Waals surface area contributed by atoms with Gasteiger partial charge in [0.25, 0.3) is 0 Å². The lowest BCUT2D eigenvalue weighted by Crippen LogP contribution is -1.97. The first-order valence-electron chi connectivity index (χ1n) is 7.51. The zero-order valence-electron chi connectivity index (χ0n) is 13.1. The molecule has 4 rings (SSSR count). The molecule has 0 aliphatic heterocycles. The van der Waals surface area contributed by atoms with Crippen molar-refractivity contribution < 1.29 is 0 Å². The summed E-state index contributed by atoms with van der Waals surface area (Å²) in [4.78, 5) is 8.86. The summed E-state index contributed by atoms with van der Waals surface area (Å²) in [7, 11) is 0. The van der Waals surface area contributed by atoms with Gasteiger partial charge in [-0.25, -0.2) is 10.1 Å². The molecular weight excluding hydrogens is 391 g/mol. The number of aromatic amines is 1. The van der Waals surface area contributed by atoms with Gasteiger partial charge in [-0.1, -0.05) is 35.3 Å². The topological polar surface area (TPSA) is 71.8 Å². The molecule has 26 heavy (non-hydrogen) atoms. The van der Waals surface area contributed by atoms with Crippen LogP contribution < -0.4 is 0 Å². The highest BCUT2D eigenvalue weighted by atomic mass is 35.5. The summed E-state index contributed by atoms with van der Waals surface area (Å²) < 4.78 is 1.78. The van der Waals surface area contributed by atoms with Gasteiger partial charge in [-0.05, 0) is 42.5 Å². The van der Waals surface area contributed by atoms with Gasteiger partial charge >= 0.3 is 0 Å². The number of nitrogens with one attached hydrogen (secondary N) is 1. The molecular formula is C17H10Cl2N6S. The fraction of sp³-hybridized carbons (Fsp3) is 0. The summed E-state index contributed by atoms with van der Waals surface area (Å²) in [5.41, 5.74) is 2.81. The second-order valence-corrected chi connectivity index (χ2v) is 6.55. The van der Waals surface area contributed by atoms with Crippen LogP contribution in [0.3, 0.4) is 0 Å². The minimum Gasteiger partial charge on any atom is -0.252 e. The maximum atomic E-state index is 6.26. The molecule has 0 saturated carbocycles. The number of halogens is 2. The lowest BCUT2D eigenvalue weighted by Gasteiger charge is -2.04. The van der Waals surface area contributed by atoms with Crippen LogP contribution in [0.15, 0.2) is 53.8 Å². The number of para-hydroxylation sites is 2. The van der Waals surface area contributed by atoms with E-state index in [0.717, 1.165) is 11.0 Å². The van der Waals surface area contributed by atoms with Gasteiger partial charge in [-0.3, -0.25) is 4.98 Å². The van der Waals surface area contributed by atoms with E-state index >= 15 is 0 Å². The first kappa shape index (κ1) is 16.8. The Morgan fingerprint density at radius 2 is 1.92 bits per heavy atom. The van der Waals surface area contributed by atoms with Gasteiger partial charge in [0.15, 0.2) is 5.82 Å². The lowest BCUT2D eigenvalue weighted by atomic mass is 10.2. The third-order valence-electron chi connectivity index (χ3n) is 3.59. The zero-order valence-corrected chi connectivity index (χ0v) is 15.4. The van der Waals surface area contributed by atoms with Crippen LogP contribution >= 0.6 is 35.4 Å². The Labute approximate surface area is 163 Å². The number of fused-ring (bicyclic) bond motifs is 1. The molecule has 0 unspecified atom stereocenters. The predicted octanol–water partition coefficient (Wildman–Crippen LogP) is 4.74. The minimum absolute atomic E-state index is 0.320. The summed E-state index contributed by atoms with van der Waals surface area (Å²) in [6.07, 6.45) is 3.20. The maximum absolute atomic E-state index is 6.26.